The van der Waals surface area contributed by atoms with Gasteiger partial charge in [-0.15, -0.1) is 0 Å². The van der Waals surface area contributed by atoms with Crippen LogP contribution < -0.4 is 15.4 Å². The van der Waals surface area contributed by atoms with Crippen LogP contribution in [0.25, 0.3) is 0 Å². The number of nitrogens with zero attached hydrogens (tertiary/aromatic N) is 3. The number of halogens is 2. The minimum Gasteiger partial charge on any atom is -0.494 e. The summed E-state index contributed by atoms with van der Waals surface area (Å²) in [6, 6.07) is 13.2. The Morgan fingerprint density at radius 2 is 1.78 bits per heavy atom. The Hall–Kier alpha value is -4.40. The molecule has 7 nitrogen and oxygen atoms in total. The average Bonchev–Trinajstić information content (AvgIpc) is 3.38. The van der Waals surface area contributed by atoms with Crippen LogP contribution in [0.15, 0.2) is 60.9 Å². The van der Waals surface area contributed by atoms with Gasteiger partial charge in [-0.25, -0.2) is 18.7 Å². The smallest absolute Gasteiger partial charge is 0.180 e. The molecule has 0 fully saturated rings. The van der Waals surface area contributed by atoms with E-state index in [1.54, 1.807) is 43.6 Å². The molecule has 0 unspecified atom stereocenters. The minimum absolute atomic E-state index is 0.103. The van der Waals surface area contributed by atoms with Crippen LogP contribution in [0.1, 0.15) is 41.6 Å². The number of para-hydroxylation sites is 1. The highest BCUT2D eigenvalue weighted by Crippen LogP contribution is 2.30. The van der Waals surface area contributed by atoms with Crippen LogP contribution in [0.3, 0.4) is 0 Å². The van der Waals surface area contributed by atoms with Crippen LogP contribution >= 0.6 is 0 Å². The number of hydrogen-bond acceptors (Lipinski definition) is 7. The number of pyridine rings is 1. The van der Waals surface area contributed by atoms with Crippen LogP contribution in [-0.2, 0) is 19.4 Å². The fourth-order valence-corrected chi connectivity index (χ4v) is 4.38. The van der Waals surface area contributed by atoms with Crippen LogP contribution in [0.5, 0.6) is 5.75 Å². The van der Waals surface area contributed by atoms with Crippen molar-refractivity contribution in [2.45, 2.75) is 32.7 Å². The van der Waals surface area contributed by atoms with Crippen molar-refractivity contribution in [3.63, 3.8) is 0 Å². The predicted molar refractivity (Wildman–Crippen MR) is 139 cm³/mol. The van der Waals surface area contributed by atoms with Gasteiger partial charge in [0.25, 0.3) is 0 Å². The highest BCUT2D eigenvalue weighted by atomic mass is 19.1. The Balaban J connectivity index is 1.42. The van der Waals surface area contributed by atoms with Crippen molar-refractivity contribution in [1.82, 2.24) is 15.0 Å². The number of ether oxygens (including phenoxy) is 1. The molecule has 188 valence electrons. The van der Waals surface area contributed by atoms with E-state index in [1.807, 2.05) is 12.1 Å². The molecule has 2 heterocycles. The summed E-state index contributed by atoms with van der Waals surface area (Å²) in [5, 5.41) is 15.3. The number of nitrogens with one attached hydrogen (secondary N) is 3. The van der Waals surface area contributed by atoms with Gasteiger partial charge in [-0.3, -0.25) is 10.4 Å². The molecule has 0 bridgehead atoms. The number of aryl methyl sites for hydroxylation is 1. The zero-order valence-electron chi connectivity index (χ0n) is 20.3. The van der Waals surface area contributed by atoms with Gasteiger partial charge in [0.05, 0.1) is 6.61 Å². The molecule has 2 aromatic carbocycles. The molecule has 0 saturated heterocycles. The first kappa shape index (κ1) is 24.3. The lowest BCUT2D eigenvalue weighted by molar-refractivity contribution is 0.335. The molecule has 0 radical (unpaired) electrons. The third kappa shape index (κ3) is 5.25. The van der Waals surface area contributed by atoms with E-state index in [2.05, 4.69) is 15.6 Å². The Bertz CT molecular complexity index is 1420. The van der Waals surface area contributed by atoms with Gasteiger partial charge in [-0.05, 0) is 44.4 Å². The van der Waals surface area contributed by atoms with E-state index in [0.29, 0.717) is 23.7 Å². The molecular formula is C28H26F2N6O. The van der Waals surface area contributed by atoms with Crippen molar-refractivity contribution in [2.24, 2.45) is 0 Å². The van der Waals surface area contributed by atoms with Crippen LogP contribution in [0, 0.1) is 17.0 Å². The third-order valence-corrected chi connectivity index (χ3v) is 6.18. The molecule has 5 rings (SSSR count). The molecule has 4 aromatic rings. The Labute approximate surface area is 213 Å². The topological polar surface area (TPSA) is 95.8 Å². The quantitative estimate of drug-likeness (QED) is 0.251. The molecule has 1 aliphatic carbocycles. The largest absolute Gasteiger partial charge is 0.494 e. The van der Waals surface area contributed by atoms with E-state index in [4.69, 9.17) is 20.1 Å². The van der Waals surface area contributed by atoms with E-state index in [-0.39, 0.29) is 29.4 Å². The highest BCUT2D eigenvalue weighted by Gasteiger charge is 2.22. The summed E-state index contributed by atoms with van der Waals surface area (Å²) in [5.41, 5.74) is 3.92. The van der Waals surface area contributed by atoms with Crippen LogP contribution in [-0.4, -0.2) is 27.3 Å². The third-order valence-electron chi connectivity index (χ3n) is 6.18. The first-order valence-electron chi connectivity index (χ1n) is 12.1. The van der Waals surface area contributed by atoms with E-state index in [9.17, 15) is 8.78 Å². The SMILES string of the molecule is CCOc1cc(F)c(CNc2ccccc2C(=N)c2nc3c(c(Nc4ccncc4)n2)CCC3)c(F)c1. The van der Waals surface area contributed by atoms with E-state index >= 15 is 0 Å². The molecule has 0 saturated carbocycles. The fourth-order valence-electron chi connectivity index (χ4n) is 4.38. The normalized spacial score (nSPS) is 12.2. The van der Waals surface area contributed by atoms with Crippen molar-refractivity contribution in [2.75, 3.05) is 17.2 Å². The molecule has 3 N–H and O–H groups in total. The fraction of sp³-hybridized carbons (Fsp3) is 0.214. The predicted octanol–water partition coefficient (Wildman–Crippen LogP) is 5.81. The zero-order chi connectivity index (χ0) is 25.8. The summed E-state index contributed by atoms with van der Waals surface area (Å²) < 4.78 is 34.4. The van der Waals surface area contributed by atoms with Gasteiger partial charge in [0, 0.05) is 64.8 Å². The summed E-state index contributed by atoms with van der Waals surface area (Å²) in [6.45, 7) is 1.96. The first-order valence-corrected chi connectivity index (χ1v) is 12.1. The lowest BCUT2D eigenvalue weighted by Crippen LogP contribution is -2.14. The van der Waals surface area contributed by atoms with Gasteiger partial charge in [-0.1, -0.05) is 18.2 Å². The molecule has 2 aromatic heterocycles. The molecule has 37 heavy (non-hydrogen) atoms. The minimum atomic E-state index is -0.697. The number of hydrogen-bond donors (Lipinski definition) is 3. The van der Waals surface area contributed by atoms with Gasteiger partial charge >= 0.3 is 0 Å². The van der Waals surface area contributed by atoms with Crippen molar-refractivity contribution in [1.29, 1.82) is 5.41 Å². The van der Waals surface area contributed by atoms with Crippen LogP contribution in [0.4, 0.5) is 26.0 Å². The Morgan fingerprint density at radius 1 is 1.03 bits per heavy atom. The maximum atomic E-state index is 14.6. The van der Waals surface area contributed by atoms with Gasteiger partial charge in [0.15, 0.2) is 5.82 Å². The number of rotatable bonds is 9. The van der Waals surface area contributed by atoms with Crippen LogP contribution in [0.2, 0.25) is 0 Å². The molecule has 9 heteroatoms. The van der Waals surface area contributed by atoms with Crippen molar-refractivity contribution >= 4 is 22.9 Å². The molecule has 0 amide bonds. The van der Waals surface area contributed by atoms with Crippen molar-refractivity contribution in [3.05, 3.63) is 101 Å². The van der Waals surface area contributed by atoms with Crippen molar-refractivity contribution < 1.29 is 13.5 Å². The zero-order valence-corrected chi connectivity index (χ0v) is 20.3. The highest BCUT2D eigenvalue weighted by molar-refractivity contribution is 6.12. The van der Waals surface area contributed by atoms with E-state index in [1.165, 1.54) is 12.1 Å². The monoisotopic (exact) mass is 500 g/mol. The lowest BCUT2D eigenvalue weighted by atomic mass is 10.1. The summed E-state index contributed by atoms with van der Waals surface area (Å²) >= 11 is 0. The van der Waals surface area contributed by atoms with Gasteiger partial charge in [0.1, 0.15) is 28.9 Å². The number of aromatic nitrogens is 3. The van der Waals surface area contributed by atoms with Gasteiger partial charge in [-0.2, -0.15) is 0 Å². The molecule has 1 aliphatic rings. The average molecular weight is 501 g/mol. The standard InChI is InChI=1S/C28H26F2N6O/c1-2-37-18-14-22(29)21(23(30)15-18)16-33-24-8-4-3-6-19(24)26(31)28-35-25-9-5-7-20(25)27(36-28)34-17-10-12-32-13-11-17/h3-4,6,8,10-15,31,33H,2,5,7,9,16H2,1H3,(H,32,34,35,36). The molecule has 0 aliphatic heterocycles. The van der Waals surface area contributed by atoms with Gasteiger partial charge in [0.2, 0.25) is 0 Å². The summed E-state index contributed by atoms with van der Waals surface area (Å²) in [5.74, 6) is -0.287. The van der Waals surface area contributed by atoms with Gasteiger partial charge < -0.3 is 15.4 Å². The maximum absolute atomic E-state index is 14.6. The number of benzene rings is 2. The van der Waals surface area contributed by atoms with E-state index in [0.717, 1.165) is 36.2 Å². The number of anilines is 3. The maximum Gasteiger partial charge on any atom is 0.180 e. The Kier molecular flexibility index (Phi) is 7.02. The summed E-state index contributed by atoms with van der Waals surface area (Å²) in [4.78, 5) is 13.4. The summed E-state index contributed by atoms with van der Waals surface area (Å²) in [7, 11) is 0. The molecule has 0 atom stereocenters. The molecular weight excluding hydrogens is 474 g/mol. The second-order valence-corrected chi connectivity index (χ2v) is 8.61. The van der Waals surface area contributed by atoms with Crippen molar-refractivity contribution in [3.8, 4) is 5.75 Å². The second-order valence-electron chi connectivity index (χ2n) is 8.61. The summed E-state index contributed by atoms with van der Waals surface area (Å²) in [6.07, 6.45) is 6.06. The number of fused-ring (bicyclic) bond motifs is 1. The Morgan fingerprint density at radius 3 is 2.54 bits per heavy atom. The van der Waals surface area contributed by atoms with E-state index < -0.39 is 11.6 Å². The first-order chi connectivity index (χ1) is 18.0. The second kappa shape index (κ2) is 10.7. The lowest BCUT2D eigenvalue weighted by Gasteiger charge is -2.16. The molecule has 0 spiro atoms.